The van der Waals surface area contributed by atoms with E-state index in [1.807, 2.05) is 31.2 Å². The van der Waals surface area contributed by atoms with Crippen molar-refractivity contribution < 1.29 is 14.3 Å². The van der Waals surface area contributed by atoms with Crippen LogP contribution >= 0.6 is 11.3 Å². The molecule has 0 bridgehead atoms. The highest BCUT2D eigenvalue weighted by Gasteiger charge is 2.33. The Morgan fingerprint density at radius 2 is 1.94 bits per heavy atom. The lowest BCUT2D eigenvalue weighted by Gasteiger charge is -2.38. The van der Waals surface area contributed by atoms with Crippen molar-refractivity contribution in [1.29, 1.82) is 5.26 Å². The smallest absolute Gasteiger partial charge is 0.230 e. The molecule has 6 nitrogen and oxygen atoms in total. The van der Waals surface area contributed by atoms with Gasteiger partial charge in [-0.25, -0.2) is 0 Å². The molecular weight excluding hydrogens is 434 g/mol. The highest BCUT2D eigenvalue weighted by Crippen LogP contribution is 2.44. The number of hydrogen-bond donors (Lipinski definition) is 0. The van der Waals surface area contributed by atoms with E-state index >= 15 is 0 Å². The number of aromatic nitrogens is 1. The van der Waals surface area contributed by atoms with E-state index in [1.54, 1.807) is 6.20 Å². The van der Waals surface area contributed by atoms with E-state index in [4.69, 9.17) is 4.74 Å². The number of amides is 2. The summed E-state index contributed by atoms with van der Waals surface area (Å²) in [7, 11) is 0. The van der Waals surface area contributed by atoms with Crippen LogP contribution < -0.4 is 4.74 Å². The molecule has 1 saturated heterocycles. The zero-order chi connectivity index (χ0) is 23.2. The van der Waals surface area contributed by atoms with Crippen molar-refractivity contribution in [2.24, 2.45) is 5.41 Å². The number of rotatable bonds is 6. The summed E-state index contributed by atoms with van der Waals surface area (Å²) in [4.78, 5) is 30.9. The Kier molecular flexibility index (Phi) is 5.41. The Morgan fingerprint density at radius 1 is 1.18 bits per heavy atom. The van der Waals surface area contributed by atoms with Crippen molar-refractivity contribution >= 4 is 33.4 Å². The molecule has 2 fully saturated rings. The maximum absolute atomic E-state index is 12.1. The van der Waals surface area contributed by atoms with Gasteiger partial charge in [0.05, 0.1) is 35.0 Å². The summed E-state index contributed by atoms with van der Waals surface area (Å²) in [5.74, 6) is 0.556. The Morgan fingerprint density at radius 3 is 2.61 bits per heavy atom. The second-order valence-electron chi connectivity index (χ2n) is 9.39. The second kappa shape index (κ2) is 8.27. The van der Waals surface area contributed by atoms with Crippen LogP contribution in [0.1, 0.15) is 55.0 Å². The van der Waals surface area contributed by atoms with Crippen LogP contribution in [0.4, 0.5) is 0 Å². The molecule has 5 rings (SSSR count). The highest BCUT2D eigenvalue weighted by atomic mass is 32.1. The van der Waals surface area contributed by atoms with Gasteiger partial charge in [-0.2, -0.15) is 5.26 Å². The number of thiophene rings is 1. The zero-order valence-electron chi connectivity index (χ0n) is 18.8. The van der Waals surface area contributed by atoms with Gasteiger partial charge in [-0.05, 0) is 49.6 Å². The molecule has 1 saturated carbocycles. The van der Waals surface area contributed by atoms with Crippen LogP contribution in [0, 0.1) is 23.7 Å². The summed E-state index contributed by atoms with van der Waals surface area (Å²) >= 11 is 1.53. The normalized spacial score (nSPS) is 17.3. The molecule has 0 N–H and O–H groups in total. The molecular formula is C26H25N3O3S. The molecule has 1 aromatic carbocycles. The molecule has 0 atom stereocenters. The maximum Gasteiger partial charge on any atom is 0.230 e. The van der Waals surface area contributed by atoms with E-state index < -0.39 is 0 Å². The third-order valence-corrected chi connectivity index (χ3v) is 7.89. The summed E-state index contributed by atoms with van der Waals surface area (Å²) in [6, 6.07) is 9.90. The lowest BCUT2D eigenvalue weighted by atomic mass is 9.71. The van der Waals surface area contributed by atoms with Gasteiger partial charge in [0.1, 0.15) is 5.75 Å². The largest absolute Gasteiger partial charge is 0.492 e. The Hall–Kier alpha value is -3.24. The zero-order valence-corrected chi connectivity index (χ0v) is 19.6. The number of carbonyl (C=O) groups excluding carboxylic acids is 2. The molecule has 0 radical (unpaired) electrons. The lowest BCUT2D eigenvalue weighted by molar-refractivity contribution is -0.138. The number of fused-ring (bicyclic) bond motifs is 1. The molecule has 33 heavy (non-hydrogen) atoms. The van der Waals surface area contributed by atoms with Gasteiger partial charge in [0.25, 0.3) is 0 Å². The van der Waals surface area contributed by atoms with Gasteiger partial charge in [0, 0.05) is 40.5 Å². The van der Waals surface area contributed by atoms with Gasteiger partial charge in [-0.1, -0.05) is 13.3 Å². The number of hydrogen-bond acceptors (Lipinski definition) is 6. The van der Waals surface area contributed by atoms with Crippen LogP contribution in [0.3, 0.4) is 0 Å². The predicted octanol–water partition coefficient (Wildman–Crippen LogP) is 5.36. The minimum atomic E-state index is -0.122. The number of pyridine rings is 1. The fourth-order valence-corrected chi connectivity index (χ4v) is 5.76. The monoisotopic (exact) mass is 459 g/mol. The summed E-state index contributed by atoms with van der Waals surface area (Å²) in [5, 5.41) is 9.59. The third-order valence-electron chi connectivity index (χ3n) is 6.75. The topological polar surface area (TPSA) is 83.3 Å². The third kappa shape index (κ3) is 4.00. The molecule has 0 unspecified atom stereocenters. The van der Waals surface area contributed by atoms with Gasteiger partial charge >= 0.3 is 0 Å². The standard InChI is InChI=1S/C26H25N3O3S/c1-16-10-17(13-27)11-20(24(16)32-15-26(2)7-3-8-26)19-6-9-28-21-12-18(33-25(19)21)14-29-22(30)4-5-23(29)31/h6,9-12H,3-5,7-8,14-15H2,1-2H3. The van der Waals surface area contributed by atoms with Crippen LogP contribution in [-0.2, 0) is 16.1 Å². The van der Waals surface area contributed by atoms with Gasteiger partial charge < -0.3 is 4.74 Å². The average molecular weight is 460 g/mol. The lowest BCUT2D eigenvalue weighted by Crippen LogP contribution is -2.32. The van der Waals surface area contributed by atoms with E-state index in [1.165, 1.54) is 35.5 Å². The predicted molar refractivity (Wildman–Crippen MR) is 127 cm³/mol. The number of ether oxygens (including phenoxy) is 1. The number of nitrogens with zero attached hydrogens (tertiary/aromatic N) is 3. The Balaban J connectivity index is 1.56. The van der Waals surface area contributed by atoms with Crippen molar-refractivity contribution in [2.45, 2.75) is 52.5 Å². The van der Waals surface area contributed by atoms with Gasteiger partial charge in [-0.3, -0.25) is 19.5 Å². The number of nitriles is 1. The number of benzene rings is 1. The summed E-state index contributed by atoms with van der Waals surface area (Å²) in [5.41, 5.74) is 4.36. The SMILES string of the molecule is Cc1cc(C#N)cc(-c2ccnc3cc(CN4C(=O)CCC4=O)sc23)c1OCC1(C)CCC1. The van der Waals surface area contributed by atoms with Gasteiger partial charge in [0.2, 0.25) is 11.8 Å². The van der Waals surface area contributed by atoms with E-state index in [0.29, 0.717) is 12.2 Å². The highest BCUT2D eigenvalue weighted by molar-refractivity contribution is 7.19. The first kappa shape index (κ1) is 21.6. The van der Waals surface area contributed by atoms with Crippen molar-refractivity contribution in [3.05, 3.63) is 46.5 Å². The molecule has 3 heterocycles. The van der Waals surface area contributed by atoms with Crippen molar-refractivity contribution in [3.8, 4) is 22.9 Å². The first-order valence-corrected chi connectivity index (χ1v) is 12.1. The van der Waals surface area contributed by atoms with E-state index in [0.717, 1.165) is 37.5 Å². The number of carbonyl (C=O) groups is 2. The molecule has 3 aromatic rings. The molecule has 2 aliphatic rings. The number of aryl methyl sites for hydroxylation is 1. The quantitative estimate of drug-likeness (QED) is 0.463. The van der Waals surface area contributed by atoms with Crippen LogP contribution in [0.2, 0.25) is 0 Å². The van der Waals surface area contributed by atoms with Gasteiger partial charge in [0.15, 0.2) is 0 Å². The van der Waals surface area contributed by atoms with E-state index in [9.17, 15) is 14.9 Å². The molecule has 2 aromatic heterocycles. The first-order valence-electron chi connectivity index (χ1n) is 11.3. The molecule has 1 aliphatic heterocycles. The average Bonchev–Trinajstić information content (AvgIpc) is 3.34. The van der Waals surface area contributed by atoms with Crippen LogP contribution in [0.5, 0.6) is 5.75 Å². The minimum Gasteiger partial charge on any atom is -0.492 e. The fraction of sp³-hybridized carbons (Fsp3) is 0.385. The fourth-order valence-electron chi connectivity index (χ4n) is 4.63. The summed E-state index contributed by atoms with van der Waals surface area (Å²) in [6.07, 6.45) is 5.90. The molecule has 168 valence electrons. The minimum absolute atomic E-state index is 0.122. The van der Waals surface area contributed by atoms with Crippen LogP contribution in [0.15, 0.2) is 30.5 Å². The van der Waals surface area contributed by atoms with Crippen LogP contribution in [-0.4, -0.2) is 28.3 Å². The van der Waals surface area contributed by atoms with E-state index in [-0.39, 0.29) is 36.6 Å². The van der Waals surface area contributed by atoms with Crippen molar-refractivity contribution in [3.63, 3.8) is 0 Å². The Bertz CT molecular complexity index is 1300. The van der Waals surface area contributed by atoms with Crippen molar-refractivity contribution in [1.82, 2.24) is 9.88 Å². The van der Waals surface area contributed by atoms with Crippen LogP contribution in [0.25, 0.3) is 21.3 Å². The summed E-state index contributed by atoms with van der Waals surface area (Å²) in [6.45, 7) is 5.16. The molecule has 2 amide bonds. The van der Waals surface area contributed by atoms with Gasteiger partial charge in [-0.15, -0.1) is 11.3 Å². The Labute approximate surface area is 196 Å². The molecule has 1 aliphatic carbocycles. The summed E-state index contributed by atoms with van der Waals surface area (Å²) < 4.78 is 7.36. The number of imide groups is 1. The van der Waals surface area contributed by atoms with E-state index in [2.05, 4.69) is 18.0 Å². The first-order chi connectivity index (χ1) is 15.9. The second-order valence-corrected chi connectivity index (χ2v) is 10.5. The molecule has 7 heteroatoms. The van der Waals surface area contributed by atoms with Crippen molar-refractivity contribution in [2.75, 3.05) is 6.61 Å². The maximum atomic E-state index is 12.1. The number of likely N-dealkylation sites (tertiary alicyclic amines) is 1. The molecule has 0 spiro atoms.